The van der Waals surface area contributed by atoms with Gasteiger partial charge in [0.05, 0.1) is 12.7 Å². The van der Waals surface area contributed by atoms with Gasteiger partial charge in [0.25, 0.3) is 5.91 Å². The molecular weight excluding hydrogens is 324 g/mol. The molecule has 1 heterocycles. The van der Waals surface area contributed by atoms with E-state index in [1.165, 1.54) is 37.6 Å². The Bertz CT molecular complexity index is 1010. The number of amides is 1. The predicted molar refractivity (Wildman–Crippen MR) is 89.3 cm³/mol. The molecule has 1 amide bonds. The summed E-state index contributed by atoms with van der Waals surface area (Å²) in [5, 5.41) is 14.2. The number of methoxy groups -OCH3 is 1. The van der Waals surface area contributed by atoms with E-state index in [1.54, 1.807) is 18.2 Å². The molecule has 126 valence electrons. The fourth-order valence-electron chi connectivity index (χ4n) is 2.25. The number of phenols is 1. The molecule has 25 heavy (non-hydrogen) atoms. The van der Waals surface area contributed by atoms with Gasteiger partial charge in [-0.25, -0.2) is 5.43 Å². The van der Waals surface area contributed by atoms with Crippen molar-refractivity contribution in [3.05, 3.63) is 65.2 Å². The number of carbonyl (C=O) groups excluding carboxylic acids is 2. The van der Waals surface area contributed by atoms with Crippen LogP contribution >= 0.6 is 0 Å². The zero-order chi connectivity index (χ0) is 17.8. The molecule has 0 aliphatic heterocycles. The van der Waals surface area contributed by atoms with Gasteiger partial charge < -0.3 is 14.3 Å². The van der Waals surface area contributed by atoms with Crippen LogP contribution in [0.4, 0.5) is 0 Å². The highest BCUT2D eigenvalue weighted by Crippen LogP contribution is 2.18. The van der Waals surface area contributed by atoms with Crippen molar-refractivity contribution in [2.24, 2.45) is 5.10 Å². The van der Waals surface area contributed by atoms with Crippen LogP contribution in [-0.4, -0.2) is 24.4 Å². The second kappa shape index (κ2) is 6.88. The van der Waals surface area contributed by atoms with E-state index in [2.05, 4.69) is 10.5 Å². The van der Waals surface area contributed by atoms with Crippen molar-refractivity contribution in [1.82, 2.24) is 5.43 Å². The summed E-state index contributed by atoms with van der Waals surface area (Å²) in [5.74, 6) is 0.176. The molecule has 0 radical (unpaired) electrons. The normalized spacial score (nSPS) is 11.3. The average molecular weight is 338 g/mol. The number of nitrogens with zero attached hydrogens (tertiary/aromatic N) is 1. The van der Waals surface area contributed by atoms with Crippen molar-refractivity contribution in [3.8, 4) is 11.5 Å². The molecule has 2 aromatic carbocycles. The number of nitrogens with one attached hydrogen (secondary N) is 1. The van der Waals surface area contributed by atoms with Gasteiger partial charge in [0.2, 0.25) is 0 Å². The molecule has 7 heteroatoms. The van der Waals surface area contributed by atoms with Crippen LogP contribution in [0.5, 0.6) is 11.5 Å². The zero-order valence-corrected chi connectivity index (χ0v) is 13.2. The minimum atomic E-state index is -0.473. The number of carbonyl (C=O) groups is 2. The van der Waals surface area contributed by atoms with Crippen LogP contribution < -0.4 is 15.5 Å². The molecule has 0 spiro atoms. The average Bonchev–Trinajstić information content (AvgIpc) is 2.65. The fourth-order valence-corrected chi connectivity index (χ4v) is 2.25. The summed E-state index contributed by atoms with van der Waals surface area (Å²) < 4.78 is 10.5. The van der Waals surface area contributed by atoms with Crippen molar-refractivity contribution in [1.29, 1.82) is 0 Å². The molecule has 0 aliphatic rings. The third-order valence-corrected chi connectivity index (χ3v) is 3.56. The summed E-state index contributed by atoms with van der Waals surface area (Å²) in [7, 11) is 1.53. The summed E-state index contributed by atoms with van der Waals surface area (Å²) in [6.45, 7) is 0. The summed E-state index contributed by atoms with van der Waals surface area (Å²) in [6.07, 6.45) is 1.86. The van der Waals surface area contributed by atoms with Gasteiger partial charge in [0.15, 0.2) is 6.29 Å². The Morgan fingerprint density at radius 1 is 1.24 bits per heavy atom. The quantitative estimate of drug-likeness (QED) is 0.561. The lowest BCUT2D eigenvalue weighted by atomic mass is 10.1. The van der Waals surface area contributed by atoms with Crippen LogP contribution in [0.1, 0.15) is 20.7 Å². The van der Waals surface area contributed by atoms with E-state index < -0.39 is 5.91 Å². The minimum Gasteiger partial charge on any atom is -0.508 e. The largest absolute Gasteiger partial charge is 0.508 e. The molecular formula is C18H14N2O5. The van der Waals surface area contributed by atoms with Crippen LogP contribution in [0.15, 0.2) is 58.2 Å². The molecule has 2 N–H and O–H groups in total. The number of aldehydes is 1. The minimum absolute atomic E-state index is 0.0568. The molecule has 0 saturated carbocycles. The van der Waals surface area contributed by atoms with E-state index in [-0.39, 0.29) is 16.7 Å². The lowest BCUT2D eigenvalue weighted by Gasteiger charge is -2.04. The van der Waals surface area contributed by atoms with Crippen molar-refractivity contribution < 1.29 is 23.8 Å². The van der Waals surface area contributed by atoms with Gasteiger partial charge >= 0.3 is 0 Å². The molecule has 3 rings (SSSR count). The number of ether oxygens (including phenoxy) is 1. The Hall–Kier alpha value is -3.61. The van der Waals surface area contributed by atoms with Gasteiger partial charge in [0.1, 0.15) is 28.7 Å². The highest BCUT2D eigenvalue weighted by atomic mass is 16.5. The summed E-state index contributed by atoms with van der Waals surface area (Å²) >= 11 is 0. The SMILES string of the molecule is COc1ccc2c(=NNC(=O)c3ccc(O)cc3)c(C=O)coc2c1. The van der Waals surface area contributed by atoms with Crippen LogP contribution in [-0.2, 0) is 0 Å². The number of fused-ring (bicyclic) bond motifs is 1. The van der Waals surface area contributed by atoms with Crippen LogP contribution in [0, 0.1) is 0 Å². The number of benzene rings is 2. The first kappa shape index (κ1) is 16.3. The maximum Gasteiger partial charge on any atom is 0.271 e. The summed E-state index contributed by atoms with van der Waals surface area (Å²) in [5.41, 5.74) is 3.38. The molecule has 0 atom stereocenters. The summed E-state index contributed by atoms with van der Waals surface area (Å²) in [4.78, 5) is 23.4. The third-order valence-electron chi connectivity index (χ3n) is 3.56. The van der Waals surface area contributed by atoms with Crippen molar-refractivity contribution in [3.63, 3.8) is 0 Å². The van der Waals surface area contributed by atoms with Crippen LogP contribution in [0.3, 0.4) is 0 Å². The van der Waals surface area contributed by atoms with E-state index >= 15 is 0 Å². The Morgan fingerprint density at radius 2 is 2.00 bits per heavy atom. The van der Waals surface area contributed by atoms with Crippen molar-refractivity contribution in [2.45, 2.75) is 0 Å². The molecule has 0 unspecified atom stereocenters. The monoisotopic (exact) mass is 338 g/mol. The van der Waals surface area contributed by atoms with Gasteiger partial charge in [-0.05, 0) is 36.4 Å². The molecule has 0 saturated heterocycles. The van der Waals surface area contributed by atoms with Gasteiger partial charge in [-0.2, -0.15) is 5.10 Å². The van der Waals surface area contributed by atoms with E-state index in [9.17, 15) is 14.7 Å². The molecule has 0 fully saturated rings. The third kappa shape index (κ3) is 3.35. The van der Waals surface area contributed by atoms with E-state index in [4.69, 9.17) is 9.15 Å². The van der Waals surface area contributed by atoms with Gasteiger partial charge in [0, 0.05) is 17.0 Å². The number of aromatic hydroxyl groups is 1. The van der Waals surface area contributed by atoms with E-state index in [0.717, 1.165) is 0 Å². The van der Waals surface area contributed by atoms with Gasteiger partial charge in [-0.3, -0.25) is 9.59 Å². The number of hydrogen-bond acceptors (Lipinski definition) is 6. The highest BCUT2D eigenvalue weighted by molar-refractivity contribution is 5.94. The van der Waals surface area contributed by atoms with Gasteiger partial charge in [-0.15, -0.1) is 0 Å². The Labute approximate surface area is 142 Å². The fraction of sp³-hybridized carbons (Fsp3) is 0.0556. The predicted octanol–water partition coefficient (Wildman–Crippen LogP) is 2.21. The first-order chi connectivity index (χ1) is 12.1. The van der Waals surface area contributed by atoms with E-state index in [1.807, 2.05) is 0 Å². The van der Waals surface area contributed by atoms with Crippen LogP contribution in [0.2, 0.25) is 0 Å². The standard InChI is InChI=1S/C18H14N2O5/c1-24-14-6-7-15-16(8-14)25-10-12(9-21)17(15)19-20-18(23)11-2-4-13(22)5-3-11/h2-10,22H,1H3,(H,20,23). The van der Waals surface area contributed by atoms with Crippen molar-refractivity contribution in [2.75, 3.05) is 7.11 Å². The highest BCUT2D eigenvalue weighted by Gasteiger charge is 2.08. The molecule has 0 bridgehead atoms. The number of phenolic OH excluding ortho intramolecular Hbond substituents is 1. The Morgan fingerprint density at radius 3 is 2.68 bits per heavy atom. The molecule has 1 aromatic heterocycles. The Kier molecular flexibility index (Phi) is 4.47. The van der Waals surface area contributed by atoms with E-state index in [0.29, 0.717) is 28.6 Å². The first-order valence-electron chi connectivity index (χ1n) is 7.30. The Balaban J connectivity index is 2.03. The zero-order valence-electron chi connectivity index (χ0n) is 13.2. The lowest BCUT2D eigenvalue weighted by Crippen LogP contribution is -2.23. The first-order valence-corrected chi connectivity index (χ1v) is 7.30. The second-order valence-corrected chi connectivity index (χ2v) is 5.12. The topological polar surface area (TPSA) is 101 Å². The van der Waals surface area contributed by atoms with Gasteiger partial charge in [-0.1, -0.05) is 0 Å². The summed E-state index contributed by atoms with van der Waals surface area (Å²) in [6, 6.07) is 10.8. The van der Waals surface area contributed by atoms with Crippen LogP contribution in [0.25, 0.3) is 11.0 Å². The maximum atomic E-state index is 12.1. The second-order valence-electron chi connectivity index (χ2n) is 5.12. The maximum absolute atomic E-state index is 12.1. The molecule has 0 aliphatic carbocycles. The number of hydrogen-bond donors (Lipinski definition) is 2. The molecule has 7 nitrogen and oxygen atoms in total. The number of rotatable bonds is 4. The molecule has 3 aromatic rings. The smallest absolute Gasteiger partial charge is 0.271 e. The lowest BCUT2D eigenvalue weighted by molar-refractivity contribution is 0.0952. The van der Waals surface area contributed by atoms with Crippen molar-refractivity contribution >= 4 is 23.2 Å².